The Bertz CT molecular complexity index is 581. The van der Waals surface area contributed by atoms with E-state index in [0.717, 1.165) is 4.47 Å². The lowest BCUT2D eigenvalue weighted by Gasteiger charge is -2.47. The van der Waals surface area contributed by atoms with Crippen LogP contribution in [-0.4, -0.2) is 60.7 Å². The number of aliphatic hydroxyl groups excluding tert-OH is 3. The molecule has 8 heteroatoms. The molecule has 7 nitrogen and oxygen atoms in total. The molecule has 6 atom stereocenters. The van der Waals surface area contributed by atoms with Gasteiger partial charge in [0, 0.05) is 17.1 Å². The van der Waals surface area contributed by atoms with E-state index in [0.29, 0.717) is 17.1 Å². The van der Waals surface area contributed by atoms with E-state index < -0.39 is 43.2 Å². The topological polar surface area (TPSA) is 97.6 Å². The lowest BCUT2D eigenvalue weighted by Crippen LogP contribution is -2.60. The maximum absolute atomic E-state index is 10.5. The third kappa shape index (κ3) is 2.73. The molecule has 1 fully saturated rings. The third-order valence-electron chi connectivity index (χ3n) is 4.34. The monoisotopic (exact) mass is 390 g/mol. The number of methoxy groups -OCH3 is 2. The van der Waals surface area contributed by atoms with Gasteiger partial charge in [0.1, 0.15) is 12.2 Å². The van der Waals surface area contributed by atoms with Gasteiger partial charge in [-0.1, -0.05) is 15.9 Å². The maximum atomic E-state index is 10.5. The average Bonchev–Trinajstić information content (AvgIpc) is 2.55. The van der Waals surface area contributed by atoms with Gasteiger partial charge in [0.25, 0.3) is 0 Å². The molecule has 0 spiro atoms. The lowest BCUT2D eigenvalue weighted by molar-refractivity contribution is -0.286. The second-order valence-electron chi connectivity index (χ2n) is 5.58. The van der Waals surface area contributed by atoms with Gasteiger partial charge in [-0.05, 0) is 12.1 Å². The fourth-order valence-electron chi connectivity index (χ4n) is 3.22. The number of ether oxygens (including phenoxy) is 4. The van der Waals surface area contributed by atoms with Crippen LogP contribution in [0.1, 0.15) is 11.7 Å². The third-order valence-corrected chi connectivity index (χ3v) is 4.80. The zero-order valence-electron chi connectivity index (χ0n) is 12.7. The van der Waals surface area contributed by atoms with Crippen LogP contribution >= 0.6 is 15.9 Å². The van der Waals surface area contributed by atoms with E-state index >= 15 is 0 Å². The number of fused-ring (bicyclic) bond motifs is 2. The highest BCUT2D eigenvalue weighted by atomic mass is 79.9. The molecule has 0 unspecified atom stereocenters. The van der Waals surface area contributed by atoms with Crippen LogP contribution in [0.3, 0.4) is 0 Å². The van der Waals surface area contributed by atoms with E-state index in [1.165, 1.54) is 14.2 Å². The number of halogens is 1. The van der Waals surface area contributed by atoms with Crippen molar-refractivity contribution in [1.82, 2.24) is 0 Å². The van der Waals surface area contributed by atoms with Crippen molar-refractivity contribution in [2.75, 3.05) is 20.8 Å². The van der Waals surface area contributed by atoms with Crippen molar-refractivity contribution in [3.63, 3.8) is 0 Å². The second-order valence-corrected chi connectivity index (χ2v) is 6.50. The van der Waals surface area contributed by atoms with Gasteiger partial charge in [-0.3, -0.25) is 0 Å². The van der Waals surface area contributed by atoms with E-state index in [-0.39, 0.29) is 0 Å². The molecule has 1 saturated heterocycles. The second kappa shape index (κ2) is 6.54. The number of rotatable bonds is 3. The Morgan fingerprint density at radius 3 is 2.57 bits per heavy atom. The molecule has 0 bridgehead atoms. The minimum absolute atomic E-state index is 0.424. The van der Waals surface area contributed by atoms with Crippen LogP contribution in [0.25, 0.3) is 0 Å². The van der Waals surface area contributed by atoms with Gasteiger partial charge in [-0.15, -0.1) is 0 Å². The van der Waals surface area contributed by atoms with Gasteiger partial charge in [-0.25, -0.2) is 0 Å². The lowest BCUT2D eigenvalue weighted by atomic mass is 9.82. The summed E-state index contributed by atoms with van der Waals surface area (Å²) in [7, 11) is 3.04. The van der Waals surface area contributed by atoms with Gasteiger partial charge in [0.2, 0.25) is 6.29 Å². The van der Waals surface area contributed by atoms with E-state index in [4.69, 9.17) is 18.9 Å². The molecule has 2 aliphatic rings. The molecular formula is C15H19BrO7. The first-order chi connectivity index (χ1) is 11.0. The molecular weight excluding hydrogens is 372 g/mol. The fraction of sp³-hybridized carbons (Fsp3) is 0.600. The fourth-order valence-corrected chi connectivity index (χ4v) is 3.67. The molecule has 0 saturated carbocycles. The van der Waals surface area contributed by atoms with Gasteiger partial charge in [0.15, 0.2) is 11.5 Å². The molecule has 1 aromatic rings. The Kier molecular flexibility index (Phi) is 4.82. The van der Waals surface area contributed by atoms with E-state index in [1.807, 2.05) is 6.07 Å². The standard InChI is InChI=1S/C15H19BrO7/c1-20-8-4-6(16)3-7-13(8)23-15-10(14(7)21-2)12(19)11(18)9(5-17)22-15/h3-4,9-12,14-15,17-19H,5H2,1-2H3/t9-,10-,11-,12-,14-,15+/m1/s1. The SMILES string of the molecule is COc1cc(Br)cc2c1O[C@@H]1O[C@H](CO)[C@@H](O)[C@H](O)[C@@H]1[C@@H]2OC. The normalized spacial score (nSPS) is 35.9. The molecule has 2 aliphatic heterocycles. The predicted molar refractivity (Wildman–Crippen MR) is 82.3 cm³/mol. The van der Waals surface area contributed by atoms with Crippen molar-refractivity contribution in [3.8, 4) is 11.5 Å². The Balaban J connectivity index is 2.07. The minimum atomic E-state index is -1.22. The van der Waals surface area contributed by atoms with Crippen LogP contribution in [0.5, 0.6) is 11.5 Å². The Hall–Kier alpha value is -0.900. The van der Waals surface area contributed by atoms with Crippen LogP contribution in [-0.2, 0) is 9.47 Å². The summed E-state index contributed by atoms with van der Waals surface area (Å²) in [6.45, 7) is -0.424. The Morgan fingerprint density at radius 1 is 1.22 bits per heavy atom. The number of aliphatic hydroxyl groups is 3. The summed E-state index contributed by atoms with van der Waals surface area (Å²) in [4.78, 5) is 0. The van der Waals surface area contributed by atoms with Gasteiger partial charge < -0.3 is 34.3 Å². The molecule has 128 valence electrons. The summed E-state index contributed by atoms with van der Waals surface area (Å²) in [5.41, 5.74) is 0.692. The number of hydrogen-bond acceptors (Lipinski definition) is 7. The van der Waals surface area contributed by atoms with E-state index in [9.17, 15) is 15.3 Å². The first kappa shape index (κ1) is 16.9. The van der Waals surface area contributed by atoms with Crippen LogP contribution < -0.4 is 9.47 Å². The molecule has 0 aliphatic carbocycles. The molecule has 3 N–H and O–H groups in total. The molecule has 2 heterocycles. The average molecular weight is 391 g/mol. The summed E-state index contributed by atoms with van der Waals surface area (Å²) >= 11 is 3.41. The molecule has 1 aromatic carbocycles. The van der Waals surface area contributed by atoms with Crippen LogP contribution in [0, 0.1) is 5.92 Å². The van der Waals surface area contributed by atoms with E-state index in [1.54, 1.807) is 6.07 Å². The van der Waals surface area contributed by atoms with Gasteiger partial charge in [-0.2, -0.15) is 0 Å². The van der Waals surface area contributed by atoms with Crippen LogP contribution in [0.15, 0.2) is 16.6 Å². The van der Waals surface area contributed by atoms with Crippen LogP contribution in [0.4, 0.5) is 0 Å². The van der Waals surface area contributed by atoms with Crippen molar-refractivity contribution in [3.05, 3.63) is 22.2 Å². The number of benzene rings is 1. The van der Waals surface area contributed by atoms with Gasteiger partial charge >= 0.3 is 0 Å². The highest BCUT2D eigenvalue weighted by Crippen LogP contribution is 2.50. The molecule has 0 aromatic heterocycles. The smallest absolute Gasteiger partial charge is 0.208 e. The van der Waals surface area contributed by atoms with Gasteiger partial charge in [0.05, 0.1) is 31.8 Å². The summed E-state index contributed by atoms with van der Waals surface area (Å²) in [6, 6.07) is 3.57. The first-order valence-electron chi connectivity index (χ1n) is 7.21. The summed E-state index contributed by atoms with van der Waals surface area (Å²) < 4.78 is 23.2. The quantitative estimate of drug-likeness (QED) is 0.694. The Labute approximate surface area is 141 Å². The zero-order valence-corrected chi connectivity index (χ0v) is 14.3. The van der Waals surface area contributed by atoms with Crippen molar-refractivity contribution in [1.29, 1.82) is 0 Å². The maximum Gasteiger partial charge on any atom is 0.208 e. The Morgan fingerprint density at radius 2 is 1.96 bits per heavy atom. The first-order valence-corrected chi connectivity index (χ1v) is 8.00. The molecule has 3 rings (SSSR count). The van der Waals surface area contributed by atoms with E-state index in [2.05, 4.69) is 15.9 Å². The van der Waals surface area contributed by atoms with Crippen molar-refractivity contribution in [2.24, 2.45) is 5.92 Å². The van der Waals surface area contributed by atoms with Crippen molar-refractivity contribution < 1.29 is 34.3 Å². The highest BCUT2D eigenvalue weighted by molar-refractivity contribution is 9.10. The zero-order chi connectivity index (χ0) is 16.7. The molecule has 0 radical (unpaired) electrons. The minimum Gasteiger partial charge on any atom is -0.493 e. The molecule has 0 amide bonds. The number of hydrogen-bond donors (Lipinski definition) is 3. The van der Waals surface area contributed by atoms with Crippen molar-refractivity contribution >= 4 is 15.9 Å². The van der Waals surface area contributed by atoms with Crippen LogP contribution in [0.2, 0.25) is 0 Å². The summed E-state index contributed by atoms with van der Waals surface area (Å²) in [5, 5.41) is 29.9. The summed E-state index contributed by atoms with van der Waals surface area (Å²) in [6.07, 6.45) is -4.73. The predicted octanol–water partition coefficient (Wildman–Crippen LogP) is 0.593. The largest absolute Gasteiger partial charge is 0.493 e. The summed E-state index contributed by atoms with van der Waals surface area (Å²) in [5.74, 6) is 0.327. The molecule has 23 heavy (non-hydrogen) atoms. The highest BCUT2D eigenvalue weighted by Gasteiger charge is 2.52. The van der Waals surface area contributed by atoms with Crippen molar-refractivity contribution in [2.45, 2.75) is 30.7 Å².